The Balaban J connectivity index is 2.72. The van der Waals surface area contributed by atoms with Gasteiger partial charge >= 0.3 is 0 Å². The Labute approximate surface area is 125 Å². The number of rotatable bonds is 8. The van der Waals surface area contributed by atoms with Gasteiger partial charge in [0, 0.05) is 0 Å². The molecule has 1 aromatic rings. The molecule has 4 nitrogen and oxygen atoms in total. The molecule has 0 saturated heterocycles. The topological polar surface area (TPSA) is 64.3 Å². The van der Waals surface area contributed by atoms with E-state index in [1.54, 1.807) is 11.8 Å². The number of ether oxygens (including phenoxy) is 1. The molecule has 0 fully saturated rings. The van der Waals surface area contributed by atoms with Crippen LogP contribution in [0.25, 0.3) is 0 Å². The summed E-state index contributed by atoms with van der Waals surface area (Å²) in [5.41, 5.74) is 7.65. The lowest BCUT2D eigenvalue weighted by Gasteiger charge is -2.15. The van der Waals surface area contributed by atoms with Crippen molar-refractivity contribution in [3.63, 3.8) is 0 Å². The first kappa shape index (κ1) is 16.9. The molecule has 0 heterocycles. The molecule has 112 valence electrons. The number of thioether (sulfide) groups is 1. The Morgan fingerprint density at radius 3 is 2.90 bits per heavy atom. The van der Waals surface area contributed by atoms with Crippen molar-refractivity contribution < 1.29 is 9.53 Å². The fourth-order valence-corrected chi connectivity index (χ4v) is 2.16. The molecule has 0 aliphatic heterocycles. The lowest BCUT2D eigenvalue weighted by Crippen LogP contribution is -2.36. The van der Waals surface area contributed by atoms with Gasteiger partial charge in [0.2, 0.25) is 5.91 Å². The van der Waals surface area contributed by atoms with Crippen molar-refractivity contribution in [3.8, 4) is 5.75 Å². The molecule has 20 heavy (non-hydrogen) atoms. The molecule has 0 radical (unpaired) electrons. The summed E-state index contributed by atoms with van der Waals surface area (Å²) in [6.45, 7) is 4.67. The van der Waals surface area contributed by atoms with Crippen molar-refractivity contribution in [3.05, 3.63) is 23.8 Å². The van der Waals surface area contributed by atoms with Crippen molar-refractivity contribution in [2.45, 2.75) is 32.7 Å². The minimum atomic E-state index is -0.484. The van der Waals surface area contributed by atoms with Crippen LogP contribution in [0.15, 0.2) is 18.2 Å². The van der Waals surface area contributed by atoms with Crippen molar-refractivity contribution in [2.75, 3.05) is 23.9 Å². The van der Waals surface area contributed by atoms with Gasteiger partial charge in [-0.3, -0.25) is 4.79 Å². The largest absolute Gasteiger partial charge is 0.491 e. The molecular formula is C15H24N2O2S. The van der Waals surface area contributed by atoms with Crippen LogP contribution >= 0.6 is 11.8 Å². The Kier molecular flexibility index (Phi) is 7.47. The Hall–Kier alpha value is -1.20. The van der Waals surface area contributed by atoms with Gasteiger partial charge in [0.25, 0.3) is 0 Å². The predicted molar refractivity (Wildman–Crippen MR) is 86.6 cm³/mol. The highest BCUT2D eigenvalue weighted by atomic mass is 32.2. The molecule has 0 aromatic heterocycles. The predicted octanol–water partition coefficient (Wildman–Crippen LogP) is 2.80. The third kappa shape index (κ3) is 5.43. The van der Waals surface area contributed by atoms with E-state index in [9.17, 15) is 4.79 Å². The molecule has 0 aliphatic rings. The van der Waals surface area contributed by atoms with Gasteiger partial charge in [-0.05, 0) is 49.5 Å². The highest BCUT2D eigenvalue weighted by Gasteiger charge is 2.15. The lowest BCUT2D eigenvalue weighted by molar-refractivity contribution is -0.117. The Morgan fingerprint density at radius 1 is 1.50 bits per heavy atom. The van der Waals surface area contributed by atoms with Gasteiger partial charge in [0.15, 0.2) is 0 Å². The van der Waals surface area contributed by atoms with Crippen molar-refractivity contribution in [1.82, 2.24) is 0 Å². The zero-order valence-corrected chi connectivity index (χ0v) is 13.3. The Bertz CT molecular complexity index is 438. The van der Waals surface area contributed by atoms with Gasteiger partial charge in [-0.1, -0.05) is 13.0 Å². The molecule has 1 atom stereocenters. The van der Waals surface area contributed by atoms with Crippen molar-refractivity contribution >= 4 is 23.4 Å². The van der Waals surface area contributed by atoms with E-state index in [2.05, 4.69) is 5.32 Å². The van der Waals surface area contributed by atoms with Gasteiger partial charge in [-0.25, -0.2) is 0 Å². The highest BCUT2D eigenvalue weighted by Crippen LogP contribution is 2.26. The first-order chi connectivity index (χ1) is 9.58. The third-order valence-corrected chi connectivity index (χ3v) is 3.47. The number of hydrogen-bond acceptors (Lipinski definition) is 4. The average Bonchev–Trinajstić information content (AvgIpc) is 2.44. The highest BCUT2D eigenvalue weighted by molar-refractivity contribution is 7.98. The van der Waals surface area contributed by atoms with Crippen LogP contribution in [0.2, 0.25) is 0 Å². The van der Waals surface area contributed by atoms with Gasteiger partial charge < -0.3 is 15.8 Å². The lowest BCUT2D eigenvalue weighted by atomic mass is 10.2. The van der Waals surface area contributed by atoms with Crippen LogP contribution in [0.4, 0.5) is 5.69 Å². The molecule has 3 N–H and O–H groups in total. The maximum Gasteiger partial charge on any atom is 0.241 e. The monoisotopic (exact) mass is 296 g/mol. The van der Waals surface area contributed by atoms with Crippen LogP contribution in [0, 0.1) is 6.92 Å². The van der Waals surface area contributed by atoms with E-state index in [-0.39, 0.29) is 5.91 Å². The Morgan fingerprint density at radius 2 is 2.25 bits per heavy atom. The van der Waals surface area contributed by atoms with E-state index in [0.717, 1.165) is 17.7 Å². The average molecular weight is 296 g/mol. The minimum absolute atomic E-state index is 0.163. The number of amides is 1. The molecule has 1 aromatic carbocycles. The zero-order valence-electron chi connectivity index (χ0n) is 12.4. The number of nitrogens with one attached hydrogen (secondary N) is 1. The maximum atomic E-state index is 12.0. The number of benzene rings is 1. The van der Waals surface area contributed by atoms with E-state index in [0.29, 0.717) is 24.5 Å². The third-order valence-electron chi connectivity index (χ3n) is 2.83. The molecule has 1 rings (SSSR count). The molecule has 0 aliphatic carbocycles. The van der Waals surface area contributed by atoms with Crippen LogP contribution in [0.5, 0.6) is 5.75 Å². The number of carbonyl (C=O) groups excluding carboxylic acids is 1. The summed E-state index contributed by atoms with van der Waals surface area (Å²) >= 11 is 1.69. The number of carbonyl (C=O) groups is 1. The summed E-state index contributed by atoms with van der Waals surface area (Å²) in [4.78, 5) is 12.0. The first-order valence-electron chi connectivity index (χ1n) is 6.87. The molecule has 0 saturated carbocycles. The maximum absolute atomic E-state index is 12.0. The van der Waals surface area contributed by atoms with Gasteiger partial charge in [-0.2, -0.15) is 11.8 Å². The van der Waals surface area contributed by atoms with Gasteiger partial charge in [0.05, 0.1) is 18.3 Å². The molecule has 0 unspecified atom stereocenters. The molecule has 5 heteroatoms. The van der Waals surface area contributed by atoms with Crippen molar-refractivity contribution in [2.24, 2.45) is 5.73 Å². The summed E-state index contributed by atoms with van der Waals surface area (Å²) in [5, 5.41) is 2.86. The second kappa shape index (κ2) is 8.87. The summed E-state index contributed by atoms with van der Waals surface area (Å²) in [5.74, 6) is 1.42. The van der Waals surface area contributed by atoms with Crippen molar-refractivity contribution in [1.29, 1.82) is 0 Å². The normalized spacial score (nSPS) is 12.0. The molecule has 1 amide bonds. The summed E-state index contributed by atoms with van der Waals surface area (Å²) < 4.78 is 5.67. The number of nitrogens with two attached hydrogens (primary N) is 1. The summed E-state index contributed by atoms with van der Waals surface area (Å²) in [6, 6.07) is 5.25. The van der Waals surface area contributed by atoms with E-state index in [1.807, 2.05) is 38.3 Å². The van der Waals surface area contributed by atoms with Crippen LogP contribution in [-0.2, 0) is 4.79 Å². The second-order valence-corrected chi connectivity index (χ2v) is 5.71. The smallest absolute Gasteiger partial charge is 0.241 e. The van der Waals surface area contributed by atoms with E-state index in [4.69, 9.17) is 10.5 Å². The van der Waals surface area contributed by atoms with Crippen LogP contribution in [-0.4, -0.2) is 30.6 Å². The van der Waals surface area contributed by atoms with E-state index >= 15 is 0 Å². The van der Waals surface area contributed by atoms with Crippen LogP contribution in [0.1, 0.15) is 25.3 Å². The summed E-state index contributed by atoms with van der Waals surface area (Å²) in [7, 11) is 0. The fraction of sp³-hybridized carbons (Fsp3) is 0.533. The fourth-order valence-electron chi connectivity index (χ4n) is 1.67. The number of anilines is 1. The van der Waals surface area contributed by atoms with Gasteiger partial charge in [0.1, 0.15) is 5.75 Å². The minimum Gasteiger partial charge on any atom is -0.491 e. The van der Waals surface area contributed by atoms with Crippen LogP contribution < -0.4 is 15.8 Å². The molecule has 0 spiro atoms. The molecule has 0 bridgehead atoms. The standard InChI is InChI=1S/C15H24N2O2S/c1-4-8-19-14-10-11(2)5-6-13(14)17-15(18)12(16)7-9-20-3/h5-6,10,12H,4,7-9,16H2,1-3H3,(H,17,18)/t12-/m0/s1. The molecular weight excluding hydrogens is 272 g/mol. The SMILES string of the molecule is CCCOc1cc(C)ccc1NC(=O)[C@@H](N)CCSC. The number of hydrogen-bond donors (Lipinski definition) is 2. The van der Waals surface area contributed by atoms with Crippen LogP contribution in [0.3, 0.4) is 0 Å². The summed E-state index contributed by atoms with van der Waals surface area (Å²) in [6.07, 6.45) is 3.60. The second-order valence-electron chi connectivity index (χ2n) is 4.73. The number of aryl methyl sites for hydroxylation is 1. The van der Waals surface area contributed by atoms with E-state index < -0.39 is 6.04 Å². The van der Waals surface area contributed by atoms with E-state index in [1.165, 1.54) is 0 Å². The quantitative estimate of drug-likeness (QED) is 0.774. The van der Waals surface area contributed by atoms with Gasteiger partial charge in [-0.15, -0.1) is 0 Å². The zero-order chi connectivity index (χ0) is 15.0. The first-order valence-corrected chi connectivity index (χ1v) is 8.26.